The third-order valence-electron chi connectivity index (χ3n) is 13.5. The Bertz CT molecular complexity index is 766. The van der Waals surface area contributed by atoms with E-state index in [-0.39, 0.29) is 11.5 Å². The molecule has 31 heavy (non-hydrogen) atoms. The molecule has 0 aliphatic heterocycles. The van der Waals surface area contributed by atoms with Crippen LogP contribution in [0.25, 0.3) is 0 Å². The van der Waals surface area contributed by atoms with Crippen molar-refractivity contribution in [1.29, 1.82) is 0 Å². The number of rotatable bonds is 1. The van der Waals surface area contributed by atoms with Crippen molar-refractivity contribution in [1.82, 2.24) is 0 Å². The van der Waals surface area contributed by atoms with E-state index in [2.05, 4.69) is 55.0 Å². The average Bonchev–Trinajstić information content (AvgIpc) is 3.04. The van der Waals surface area contributed by atoms with Crippen molar-refractivity contribution in [3.8, 4) is 0 Å². The van der Waals surface area contributed by atoms with E-state index in [1.807, 2.05) is 0 Å². The van der Waals surface area contributed by atoms with Crippen LogP contribution in [0.1, 0.15) is 113 Å². The summed E-state index contributed by atoms with van der Waals surface area (Å²) in [5.74, 6) is 3.98. The van der Waals surface area contributed by atoms with Crippen molar-refractivity contribution in [3.63, 3.8) is 0 Å². The molecule has 5 aliphatic carbocycles. The fourth-order valence-electron chi connectivity index (χ4n) is 11.5. The lowest BCUT2D eigenvalue weighted by Crippen LogP contribution is -2.66. The van der Waals surface area contributed by atoms with Gasteiger partial charge in [0.05, 0.1) is 6.10 Å². The Morgan fingerprint density at radius 2 is 1.45 bits per heavy atom. The zero-order valence-electron chi connectivity index (χ0n) is 21.7. The van der Waals surface area contributed by atoms with E-state index in [4.69, 9.17) is 0 Å². The van der Waals surface area contributed by atoms with Gasteiger partial charge in [-0.15, -0.1) is 0 Å². The van der Waals surface area contributed by atoms with Crippen LogP contribution in [0.5, 0.6) is 0 Å². The van der Waals surface area contributed by atoms with Crippen LogP contribution in [0.2, 0.25) is 0 Å². The van der Waals surface area contributed by atoms with Gasteiger partial charge in [0.1, 0.15) is 0 Å². The van der Waals surface area contributed by atoms with E-state index < -0.39 is 0 Å². The molecule has 1 N–H and O–H groups in total. The molecule has 5 aliphatic rings. The van der Waals surface area contributed by atoms with Crippen LogP contribution in [0, 0.1) is 56.7 Å². The molecule has 10 atom stereocenters. The molecule has 0 aromatic carbocycles. The molecule has 0 amide bonds. The minimum absolute atomic E-state index is 0.0632. The number of allylic oxidation sites excluding steroid dienone is 1. The quantitative estimate of drug-likeness (QED) is 0.421. The summed E-state index contributed by atoms with van der Waals surface area (Å²) in [5.41, 5.74) is 3.38. The van der Waals surface area contributed by atoms with E-state index in [1.54, 1.807) is 0 Å². The van der Waals surface area contributed by atoms with Gasteiger partial charge in [0, 0.05) is 0 Å². The van der Waals surface area contributed by atoms with Crippen LogP contribution in [0.3, 0.4) is 0 Å². The number of fused-ring (bicyclic) bond motifs is 7. The summed E-state index contributed by atoms with van der Waals surface area (Å²) in [4.78, 5) is 0. The van der Waals surface area contributed by atoms with Gasteiger partial charge in [-0.3, -0.25) is 0 Å². The van der Waals surface area contributed by atoms with E-state index in [9.17, 15) is 5.11 Å². The minimum Gasteiger partial charge on any atom is -0.393 e. The Balaban J connectivity index is 1.54. The highest BCUT2D eigenvalue weighted by molar-refractivity contribution is 5.21. The average molecular weight is 427 g/mol. The Labute approximate surface area is 192 Å². The molecule has 1 heteroatoms. The van der Waals surface area contributed by atoms with Gasteiger partial charge in [-0.05, 0) is 128 Å². The number of hydrogen-bond donors (Lipinski definition) is 1. The molecule has 0 spiro atoms. The summed E-state index contributed by atoms with van der Waals surface area (Å²) in [6.07, 6.45) is 13.4. The molecule has 1 nitrogen and oxygen atoms in total. The third-order valence-corrected chi connectivity index (χ3v) is 13.5. The van der Waals surface area contributed by atoms with Crippen molar-refractivity contribution in [2.45, 2.75) is 119 Å². The Morgan fingerprint density at radius 3 is 2.13 bits per heavy atom. The first-order valence-electron chi connectivity index (χ1n) is 13.6. The van der Waals surface area contributed by atoms with E-state index in [0.29, 0.717) is 27.6 Å². The van der Waals surface area contributed by atoms with Gasteiger partial charge in [0.2, 0.25) is 0 Å². The topological polar surface area (TPSA) is 20.2 Å². The summed E-state index contributed by atoms with van der Waals surface area (Å²) in [6.45, 7) is 22.3. The largest absolute Gasteiger partial charge is 0.393 e. The highest BCUT2D eigenvalue weighted by Gasteiger charge is 2.70. The van der Waals surface area contributed by atoms with Crippen molar-refractivity contribution in [2.24, 2.45) is 56.7 Å². The summed E-state index contributed by atoms with van der Waals surface area (Å²) in [5, 5.41) is 10.9. The van der Waals surface area contributed by atoms with Crippen LogP contribution in [-0.4, -0.2) is 11.2 Å². The van der Waals surface area contributed by atoms with Crippen LogP contribution < -0.4 is 0 Å². The van der Waals surface area contributed by atoms with Gasteiger partial charge in [-0.1, -0.05) is 53.7 Å². The first kappa shape index (κ1) is 22.5. The highest BCUT2D eigenvalue weighted by Crippen LogP contribution is 2.77. The van der Waals surface area contributed by atoms with Crippen molar-refractivity contribution in [3.05, 3.63) is 12.2 Å². The molecule has 5 rings (SSSR count). The van der Waals surface area contributed by atoms with Gasteiger partial charge >= 0.3 is 0 Å². The summed E-state index contributed by atoms with van der Waals surface area (Å²) >= 11 is 0. The SMILES string of the molecule is C=C(C)[C@@H]1CC[C@]2(C)CC[C@]3(C)[C@H](CC[C@@H]4[C@@]5(C)CC[C@H](O)C(C)(C)[C@@H]5CC[C@]43C)C12. The van der Waals surface area contributed by atoms with Crippen molar-refractivity contribution in [2.75, 3.05) is 0 Å². The Hall–Kier alpha value is -0.300. The normalized spacial score (nSPS) is 57.9. The summed E-state index contributed by atoms with van der Waals surface area (Å²) in [7, 11) is 0. The fraction of sp³-hybridized carbons (Fsp3) is 0.933. The Morgan fingerprint density at radius 1 is 0.742 bits per heavy atom. The van der Waals surface area contributed by atoms with Gasteiger partial charge in [0.15, 0.2) is 0 Å². The molecule has 0 bridgehead atoms. The maximum atomic E-state index is 10.9. The van der Waals surface area contributed by atoms with E-state index in [0.717, 1.165) is 30.1 Å². The zero-order chi connectivity index (χ0) is 22.6. The predicted octanol–water partition coefficient (Wildman–Crippen LogP) is 8.02. The first-order valence-corrected chi connectivity index (χ1v) is 13.6. The van der Waals surface area contributed by atoms with Crippen LogP contribution in [-0.2, 0) is 0 Å². The standard InChI is InChI=1S/C30H50O/c1-19(2)20-11-14-27(5)17-18-29(7)21(25(20)27)9-10-23-28(6)15-13-24(31)26(3,4)22(28)12-16-30(23,29)8/h20-25,31H,1,9-18H2,2-8H3/t20-,21+,22-,23+,24-,25?,27+,28-,29+,30+/m0/s1. The molecule has 0 aromatic heterocycles. The first-order chi connectivity index (χ1) is 14.3. The molecule has 0 aromatic rings. The monoisotopic (exact) mass is 426 g/mol. The molecule has 0 radical (unpaired) electrons. The van der Waals surface area contributed by atoms with Gasteiger partial charge < -0.3 is 5.11 Å². The molecule has 0 heterocycles. The molecule has 5 fully saturated rings. The summed E-state index contributed by atoms with van der Waals surface area (Å²) < 4.78 is 0. The number of aliphatic hydroxyl groups is 1. The van der Waals surface area contributed by atoms with Crippen LogP contribution in [0.15, 0.2) is 12.2 Å². The lowest BCUT2D eigenvalue weighted by molar-refractivity contribution is -0.246. The predicted molar refractivity (Wildman–Crippen MR) is 131 cm³/mol. The molecule has 176 valence electrons. The highest BCUT2D eigenvalue weighted by atomic mass is 16.3. The van der Waals surface area contributed by atoms with Gasteiger partial charge in [-0.25, -0.2) is 0 Å². The molecular formula is C30H50O. The lowest BCUT2D eigenvalue weighted by Gasteiger charge is -2.73. The molecule has 0 saturated heterocycles. The number of hydrogen-bond acceptors (Lipinski definition) is 1. The smallest absolute Gasteiger partial charge is 0.0594 e. The second kappa shape index (κ2) is 6.64. The van der Waals surface area contributed by atoms with Gasteiger partial charge in [-0.2, -0.15) is 0 Å². The van der Waals surface area contributed by atoms with Crippen molar-refractivity contribution >= 4 is 0 Å². The Kier molecular flexibility index (Phi) is 4.82. The van der Waals surface area contributed by atoms with E-state index >= 15 is 0 Å². The van der Waals surface area contributed by atoms with Crippen molar-refractivity contribution < 1.29 is 5.11 Å². The fourth-order valence-corrected chi connectivity index (χ4v) is 11.5. The second-order valence-electron chi connectivity index (χ2n) is 14.7. The van der Waals surface area contributed by atoms with E-state index in [1.165, 1.54) is 63.4 Å². The second-order valence-corrected chi connectivity index (χ2v) is 14.7. The lowest BCUT2D eigenvalue weighted by atomic mass is 9.32. The molecule has 1 unspecified atom stereocenters. The maximum Gasteiger partial charge on any atom is 0.0594 e. The van der Waals surface area contributed by atoms with Gasteiger partial charge in [0.25, 0.3) is 0 Å². The zero-order valence-corrected chi connectivity index (χ0v) is 21.7. The third kappa shape index (κ3) is 2.65. The maximum absolute atomic E-state index is 10.9. The van der Waals surface area contributed by atoms with Crippen LogP contribution in [0.4, 0.5) is 0 Å². The van der Waals surface area contributed by atoms with Crippen LogP contribution >= 0.6 is 0 Å². The molecule has 5 saturated carbocycles. The molecular weight excluding hydrogens is 376 g/mol. The number of aliphatic hydroxyl groups excluding tert-OH is 1. The summed E-state index contributed by atoms with van der Waals surface area (Å²) in [6, 6.07) is 0. The minimum atomic E-state index is -0.118.